The van der Waals surface area contributed by atoms with Crippen LogP contribution in [0.4, 0.5) is 0 Å². The number of rotatable bonds is 5. The molecule has 26 heavy (non-hydrogen) atoms. The number of aromatic nitrogens is 3. The van der Waals surface area contributed by atoms with Crippen LogP contribution in [0.3, 0.4) is 0 Å². The number of aromatic amines is 1. The molecule has 2 aromatic heterocycles. The summed E-state index contributed by atoms with van der Waals surface area (Å²) >= 11 is 0. The fourth-order valence-electron chi connectivity index (χ4n) is 2.92. The molecule has 1 N–H and O–H groups in total. The van der Waals surface area contributed by atoms with Crippen molar-refractivity contribution >= 4 is 16.8 Å². The van der Waals surface area contributed by atoms with Crippen molar-refractivity contribution in [3.05, 3.63) is 57.5 Å². The highest BCUT2D eigenvalue weighted by Crippen LogP contribution is 2.24. The van der Waals surface area contributed by atoms with Gasteiger partial charge in [0, 0.05) is 12.5 Å². The fourth-order valence-corrected chi connectivity index (χ4v) is 2.92. The van der Waals surface area contributed by atoms with Crippen LogP contribution in [0.15, 0.2) is 33.6 Å². The highest BCUT2D eigenvalue weighted by atomic mass is 16.5. The fraction of sp³-hybridized carbons (Fsp3) is 0.368. The van der Waals surface area contributed by atoms with Crippen molar-refractivity contribution in [1.29, 1.82) is 0 Å². The largest absolute Gasteiger partial charge is 0.360 e. The van der Waals surface area contributed by atoms with Crippen molar-refractivity contribution in [3.63, 3.8) is 0 Å². The van der Waals surface area contributed by atoms with Crippen LogP contribution in [-0.2, 0) is 6.54 Å². The van der Waals surface area contributed by atoms with E-state index in [-0.39, 0.29) is 23.9 Å². The number of benzene rings is 1. The Bertz CT molecular complexity index is 1000. The molecule has 1 aromatic carbocycles. The third-order valence-electron chi connectivity index (χ3n) is 4.30. The van der Waals surface area contributed by atoms with Gasteiger partial charge in [-0.2, -0.15) is 0 Å². The number of carbonyl (C=O) groups excluding carboxylic acids is 1. The summed E-state index contributed by atoms with van der Waals surface area (Å²) in [6.45, 7) is 8.22. The minimum Gasteiger partial charge on any atom is -0.360 e. The van der Waals surface area contributed by atoms with Gasteiger partial charge in [-0.3, -0.25) is 9.59 Å². The topological polar surface area (TPSA) is 92.1 Å². The summed E-state index contributed by atoms with van der Waals surface area (Å²) < 4.78 is 5.33. The van der Waals surface area contributed by atoms with Crippen LogP contribution in [0.2, 0.25) is 0 Å². The lowest BCUT2D eigenvalue weighted by molar-refractivity contribution is 0.0745. The zero-order valence-corrected chi connectivity index (χ0v) is 15.4. The predicted octanol–water partition coefficient (Wildman–Crippen LogP) is 3.01. The van der Waals surface area contributed by atoms with Crippen LogP contribution in [0.1, 0.15) is 54.3 Å². The van der Waals surface area contributed by atoms with Gasteiger partial charge in [0.2, 0.25) is 0 Å². The van der Waals surface area contributed by atoms with Gasteiger partial charge in [-0.1, -0.05) is 31.1 Å². The Hall–Kier alpha value is -2.96. The van der Waals surface area contributed by atoms with Crippen molar-refractivity contribution in [2.24, 2.45) is 0 Å². The van der Waals surface area contributed by atoms with Gasteiger partial charge in [-0.15, -0.1) is 0 Å². The second kappa shape index (κ2) is 7.11. The lowest BCUT2D eigenvalue weighted by Gasteiger charge is -2.20. The molecule has 136 valence electrons. The molecule has 0 aliphatic carbocycles. The summed E-state index contributed by atoms with van der Waals surface area (Å²) in [5.74, 6) is 0.897. The van der Waals surface area contributed by atoms with Crippen LogP contribution < -0.4 is 5.56 Å². The molecule has 3 aromatic rings. The maximum Gasteiger partial charge on any atom is 0.259 e. The third kappa shape index (κ3) is 3.24. The van der Waals surface area contributed by atoms with Crippen molar-refractivity contribution in [1.82, 2.24) is 20.0 Å². The highest BCUT2D eigenvalue weighted by molar-refractivity contribution is 5.96. The Morgan fingerprint density at radius 2 is 2.04 bits per heavy atom. The summed E-state index contributed by atoms with van der Waals surface area (Å²) in [5, 5.41) is 4.47. The van der Waals surface area contributed by atoms with E-state index in [2.05, 4.69) is 15.1 Å². The molecule has 0 saturated carbocycles. The Labute approximate surface area is 151 Å². The standard InChI is InChI=1S/C19H22N4O3/c1-5-23(19(25)16-12(4)22-26-17(16)11(2)3)10-15-20-14-9-7-6-8-13(14)18(24)21-15/h6-9,11H,5,10H2,1-4H3,(H,20,21,24). The third-order valence-corrected chi connectivity index (χ3v) is 4.30. The second-order valence-electron chi connectivity index (χ2n) is 6.51. The summed E-state index contributed by atoms with van der Waals surface area (Å²) in [5.41, 5.74) is 1.46. The Balaban J connectivity index is 1.94. The average Bonchev–Trinajstić information content (AvgIpc) is 3.01. The van der Waals surface area contributed by atoms with Crippen molar-refractivity contribution < 1.29 is 9.32 Å². The molecule has 3 rings (SSSR count). The number of para-hydroxylation sites is 1. The molecule has 0 radical (unpaired) electrons. The zero-order chi connectivity index (χ0) is 18.8. The van der Waals surface area contributed by atoms with E-state index < -0.39 is 0 Å². The van der Waals surface area contributed by atoms with E-state index in [1.165, 1.54) is 0 Å². The zero-order valence-electron chi connectivity index (χ0n) is 15.4. The van der Waals surface area contributed by atoms with E-state index in [0.29, 0.717) is 40.3 Å². The minimum atomic E-state index is -0.210. The summed E-state index contributed by atoms with van der Waals surface area (Å²) in [6, 6.07) is 7.13. The van der Waals surface area contributed by atoms with Crippen LogP contribution >= 0.6 is 0 Å². The van der Waals surface area contributed by atoms with Gasteiger partial charge in [0.05, 0.1) is 23.1 Å². The maximum absolute atomic E-state index is 13.0. The quantitative estimate of drug-likeness (QED) is 0.760. The molecule has 0 spiro atoms. The normalized spacial score (nSPS) is 11.3. The molecule has 0 atom stereocenters. The number of H-pyrrole nitrogens is 1. The predicted molar refractivity (Wildman–Crippen MR) is 98.1 cm³/mol. The molecule has 0 aliphatic heterocycles. The minimum absolute atomic E-state index is 0.0486. The van der Waals surface area contributed by atoms with E-state index in [4.69, 9.17) is 4.52 Å². The molecule has 1 amide bonds. The van der Waals surface area contributed by atoms with Crippen LogP contribution in [-0.4, -0.2) is 32.5 Å². The molecule has 0 aliphatic rings. The van der Waals surface area contributed by atoms with E-state index in [9.17, 15) is 9.59 Å². The van der Waals surface area contributed by atoms with Gasteiger partial charge >= 0.3 is 0 Å². The molecule has 0 fully saturated rings. The number of nitrogens with one attached hydrogen (secondary N) is 1. The molecule has 0 unspecified atom stereocenters. The number of carbonyl (C=O) groups is 1. The average molecular weight is 354 g/mol. The smallest absolute Gasteiger partial charge is 0.259 e. The molecule has 7 nitrogen and oxygen atoms in total. The van der Waals surface area contributed by atoms with Crippen LogP contribution in [0, 0.1) is 6.92 Å². The number of aryl methyl sites for hydroxylation is 1. The van der Waals surface area contributed by atoms with Gasteiger partial charge in [0.1, 0.15) is 11.4 Å². The monoisotopic (exact) mass is 354 g/mol. The summed E-state index contributed by atoms with van der Waals surface area (Å²) in [7, 11) is 0. The van der Waals surface area contributed by atoms with Gasteiger partial charge in [-0.05, 0) is 26.0 Å². The SMILES string of the molecule is CCN(Cc1nc2ccccc2c(=O)[nH]1)C(=O)c1c(C)noc1C(C)C. The van der Waals surface area contributed by atoms with Crippen LogP contribution in [0.25, 0.3) is 10.9 Å². The first-order valence-electron chi connectivity index (χ1n) is 8.65. The Kier molecular flexibility index (Phi) is 4.88. The molecule has 2 heterocycles. The first-order valence-corrected chi connectivity index (χ1v) is 8.65. The molecular weight excluding hydrogens is 332 g/mol. The molecule has 0 saturated heterocycles. The number of nitrogens with zero attached hydrogens (tertiary/aromatic N) is 3. The Morgan fingerprint density at radius 3 is 2.73 bits per heavy atom. The first-order chi connectivity index (χ1) is 12.4. The first kappa shape index (κ1) is 17.8. The number of hydrogen-bond donors (Lipinski definition) is 1. The number of fused-ring (bicyclic) bond motifs is 1. The van der Waals surface area contributed by atoms with E-state index in [0.717, 1.165) is 0 Å². The summed E-state index contributed by atoms with van der Waals surface area (Å²) in [6.07, 6.45) is 0. The van der Waals surface area contributed by atoms with E-state index in [1.54, 1.807) is 30.0 Å². The van der Waals surface area contributed by atoms with Crippen molar-refractivity contribution in [2.75, 3.05) is 6.54 Å². The lowest BCUT2D eigenvalue weighted by Crippen LogP contribution is -2.32. The number of hydrogen-bond acceptors (Lipinski definition) is 5. The Morgan fingerprint density at radius 1 is 1.31 bits per heavy atom. The second-order valence-corrected chi connectivity index (χ2v) is 6.51. The van der Waals surface area contributed by atoms with Crippen LogP contribution in [0.5, 0.6) is 0 Å². The van der Waals surface area contributed by atoms with Gasteiger partial charge in [0.15, 0.2) is 5.76 Å². The van der Waals surface area contributed by atoms with Gasteiger partial charge in [-0.25, -0.2) is 4.98 Å². The van der Waals surface area contributed by atoms with E-state index >= 15 is 0 Å². The molecular formula is C19H22N4O3. The van der Waals surface area contributed by atoms with Crippen molar-refractivity contribution in [3.8, 4) is 0 Å². The number of amides is 1. The summed E-state index contributed by atoms with van der Waals surface area (Å²) in [4.78, 5) is 34.2. The lowest BCUT2D eigenvalue weighted by atomic mass is 10.0. The maximum atomic E-state index is 13.0. The van der Waals surface area contributed by atoms with Gasteiger partial charge in [0.25, 0.3) is 11.5 Å². The van der Waals surface area contributed by atoms with Crippen molar-refractivity contribution in [2.45, 2.75) is 40.2 Å². The van der Waals surface area contributed by atoms with Gasteiger partial charge < -0.3 is 14.4 Å². The highest BCUT2D eigenvalue weighted by Gasteiger charge is 2.26. The van der Waals surface area contributed by atoms with E-state index in [1.807, 2.05) is 26.8 Å². The molecule has 0 bridgehead atoms. The molecule has 7 heteroatoms.